The normalized spacial score (nSPS) is 14.4. The number of hydrogen-bond acceptors (Lipinski definition) is 4. The third-order valence-electron chi connectivity index (χ3n) is 2.33. The van der Waals surface area contributed by atoms with Crippen molar-refractivity contribution in [3.8, 4) is 0 Å². The van der Waals surface area contributed by atoms with Crippen molar-refractivity contribution in [2.24, 2.45) is 0 Å². The summed E-state index contributed by atoms with van der Waals surface area (Å²) in [4.78, 5) is 9.82. The third-order valence-corrected chi connectivity index (χ3v) is 2.80. The summed E-state index contributed by atoms with van der Waals surface area (Å²) in [5.41, 5.74) is -1.75. The van der Waals surface area contributed by atoms with E-state index in [1.54, 1.807) is 13.0 Å². The molecule has 1 aromatic rings. The van der Waals surface area contributed by atoms with Crippen molar-refractivity contribution in [1.82, 2.24) is 0 Å². The lowest BCUT2D eigenvalue weighted by atomic mass is 9.96. The Hall–Kier alpha value is -1.21. The van der Waals surface area contributed by atoms with Crippen molar-refractivity contribution in [2.75, 3.05) is 6.54 Å². The largest absolute Gasteiger partial charge is 0.618 e. The van der Waals surface area contributed by atoms with Crippen LogP contribution in [0.25, 0.3) is 0 Å². The lowest BCUT2D eigenvalue weighted by molar-refractivity contribution is -0.630. The predicted octanol–water partition coefficient (Wildman–Crippen LogP) is 0.957. The van der Waals surface area contributed by atoms with E-state index < -0.39 is 17.1 Å². The van der Waals surface area contributed by atoms with Crippen molar-refractivity contribution in [2.45, 2.75) is 18.9 Å². The molecule has 0 unspecified atom stereocenters. The first-order chi connectivity index (χ1) is 7.39. The highest BCUT2D eigenvalue weighted by Gasteiger charge is 2.40. The highest BCUT2D eigenvalue weighted by atomic mass is 79.9. The topological polar surface area (TPSA) is 90.3 Å². The Morgan fingerprint density at radius 1 is 1.62 bits per heavy atom. The molecule has 88 valence electrons. The van der Waals surface area contributed by atoms with Crippen molar-refractivity contribution >= 4 is 15.9 Å². The molecule has 1 heterocycles. The van der Waals surface area contributed by atoms with Crippen LogP contribution in [0.2, 0.25) is 0 Å². The molecule has 1 aromatic heterocycles. The molecule has 0 saturated carbocycles. The highest BCUT2D eigenvalue weighted by Crippen LogP contribution is 2.23. The van der Waals surface area contributed by atoms with Crippen LogP contribution in [-0.2, 0) is 5.60 Å². The molecule has 1 rings (SSSR count). The minimum absolute atomic E-state index is 0.0186. The van der Waals surface area contributed by atoms with Crippen LogP contribution in [0.4, 0.5) is 0 Å². The number of nitrogens with zero attached hydrogens (tertiary/aromatic N) is 2. The molecule has 0 spiro atoms. The van der Waals surface area contributed by atoms with Gasteiger partial charge in [0.05, 0.1) is 4.47 Å². The van der Waals surface area contributed by atoms with Gasteiger partial charge in [0.2, 0.25) is 17.8 Å². The average molecular weight is 291 g/mol. The first-order valence-electron chi connectivity index (χ1n) is 4.62. The Kier molecular flexibility index (Phi) is 3.82. The number of pyridine rings is 1. The quantitative estimate of drug-likeness (QED) is 0.387. The van der Waals surface area contributed by atoms with Gasteiger partial charge in [0.1, 0.15) is 0 Å². The molecule has 0 fully saturated rings. The van der Waals surface area contributed by atoms with Crippen molar-refractivity contribution in [3.05, 3.63) is 43.8 Å². The Morgan fingerprint density at radius 3 is 2.69 bits per heavy atom. The molecule has 0 radical (unpaired) electrons. The molecular formula is C9H11BrN2O4. The fraction of sp³-hybridized carbons (Fsp3) is 0.444. The highest BCUT2D eigenvalue weighted by molar-refractivity contribution is 9.10. The SMILES string of the molecule is CC[C@@](O)(C[N+](=O)[O-])c1ccc(Br)c[n+]1[O-]. The minimum atomic E-state index is -1.73. The first-order valence-corrected chi connectivity index (χ1v) is 5.41. The summed E-state index contributed by atoms with van der Waals surface area (Å²) in [6.45, 7) is 0.902. The van der Waals surface area contributed by atoms with E-state index in [1.165, 1.54) is 12.3 Å². The molecule has 0 saturated heterocycles. The van der Waals surface area contributed by atoms with Crippen LogP contribution in [0.1, 0.15) is 19.0 Å². The van der Waals surface area contributed by atoms with Gasteiger partial charge in [0, 0.05) is 11.0 Å². The maximum absolute atomic E-state index is 11.5. The van der Waals surface area contributed by atoms with Crippen LogP contribution in [0, 0.1) is 15.3 Å². The molecule has 0 aromatic carbocycles. The summed E-state index contributed by atoms with van der Waals surface area (Å²) >= 11 is 3.10. The Bertz CT molecular complexity index is 412. The number of rotatable bonds is 4. The van der Waals surface area contributed by atoms with Gasteiger partial charge < -0.3 is 10.3 Å². The van der Waals surface area contributed by atoms with Crippen LogP contribution >= 0.6 is 15.9 Å². The molecule has 16 heavy (non-hydrogen) atoms. The molecule has 0 bridgehead atoms. The standard InChI is InChI=1S/C9H11BrN2O4/c1-2-9(13,6-12(15)16)8-4-3-7(10)5-11(8)14/h3-5,13H,2,6H2,1H3/t9-/m1/s1. The smallest absolute Gasteiger partial charge is 0.242 e. The zero-order valence-corrected chi connectivity index (χ0v) is 10.2. The van der Waals surface area contributed by atoms with Crippen LogP contribution in [0.15, 0.2) is 22.8 Å². The molecule has 0 aliphatic heterocycles. The molecule has 0 amide bonds. The summed E-state index contributed by atoms with van der Waals surface area (Å²) in [6.07, 6.45) is 1.30. The van der Waals surface area contributed by atoms with Crippen LogP contribution < -0.4 is 4.73 Å². The number of aromatic nitrogens is 1. The van der Waals surface area contributed by atoms with E-state index in [0.717, 1.165) is 0 Å². The predicted molar refractivity (Wildman–Crippen MR) is 59.2 cm³/mol. The van der Waals surface area contributed by atoms with E-state index in [-0.39, 0.29) is 12.1 Å². The zero-order valence-electron chi connectivity index (χ0n) is 8.59. The van der Waals surface area contributed by atoms with E-state index in [1.807, 2.05) is 0 Å². The molecular weight excluding hydrogens is 280 g/mol. The number of nitro groups is 1. The second-order valence-electron chi connectivity index (χ2n) is 3.43. The molecule has 7 heteroatoms. The number of hydrogen-bond donors (Lipinski definition) is 1. The van der Waals surface area contributed by atoms with E-state index in [2.05, 4.69) is 15.9 Å². The molecule has 6 nitrogen and oxygen atoms in total. The van der Waals surface area contributed by atoms with Gasteiger partial charge in [-0.3, -0.25) is 10.1 Å². The molecule has 1 N–H and O–H groups in total. The summed E-state index contributed by atoms with van der Waals surface area (Å²) in [5.74, 6) is 0. The van der Waals surface area contributed by atoms with Gasteiger partial charge >= 0.3 is 0 Å². The van der Waals surface area contributed by atoms with Crippen LogP contribution in [0.5, 0.6) is 0 Å². The van der Waals surface area contributed by atoms with Gasteiger partial charge in [-0.2, -0.15) is 4.73 Å². The first kappa shape index (κ1) is 12.9. The van der Waals surface area contributed by atoms with Gasteiger partial charge in [0.25, 0.3) is 0 Å². The molecule has 0 aliphatic rings. The van der Waals surface area contributed by atoms with Gasteiger partial charge in [-0.15, -0.1) is 0 Å². The average Bonchev–Trinajstić information content (AvgIpc) is 2.16. The van der Waals surface area contributed by atoms with Crippen molar-refractivity contribution in [3.63, 3.8) is 0 Å². The van der Waals surface area contributed by atoms with Crippen LogP contribution in [-0.4, -0.2) is 16.6 Å². The fourth-order valence-electron chi connectivity index (χ4n) is 1.40. The van der Waals surface area contributed by atoms with Crippen LogP contribution in [0.3, 0.4) is 0 Å². The van der Waals surface area contributed by atoms with E-state index >= 15 is 0 Å². The molecule has 1 atom stereocenters. The van der Waals surface area contributed by atoms with Crippen molar-refractivity contribution in [1.29, 1.82) is 0 Å². The van der Waals surface area contributed by atoms with Crippen molar-refractivity contribution < 1.29 is 14.8 Å². The maximum atomic E-state index is 11.5. The summed E-state index contributed by atoms with van der Waals surface area (Å²) in [6, 6.07) is 2.94. The zero-order chi connectivity index (χ0) is 12.3. The maximum Gasteiger partial charge on any atom is 0.242 e. The van der Waals surface area contributed by atoms with E-state index in [0.29, 0.717) is 9.20 Å². The van der Waals surface area contributed by atoms with Gasteiger partial charge in [-0.1, -0.05) is 6.92 Å². The van der Waals surface area contributed by atoms with Gasteiger partial charge in [0.15, 0.2) is 6.20 Å². The molecule has 0 aliphatic carbocycles. The Labute approximate surface area is 100 Å². The van der Waals surface area contributed by atoms with E-state index in [4.69, 9.17) is 0 Å². The van der Waals surface area contributed by atoms with E-state index in [9.17, 15) is 20.4 Å². The number of halogens is 1. The summed E-state index contributed by atoms with van der Waals surface area (Å²) in [5, 5.41) is 32.0. The lowest BCUT2D eigenvalue weighted by Gasteiger charge is -2.20. The lowest BCUT2D eigenvalue weighted by Crippen LogP contribution is -2.45. The Morgan fingerprint density at radius 2 is 2.25 bits per heavy atom. The fourth-order valence-corrected chi connectivity index (χ4v) is 1.72. The second kappa shape index (κ2) is 4.75. The Balaban J connectivity index is 3.17. The summed E-state index contributed by atoms with van der Waals surface area (Å²) < 4.78 is 0.989. The monoisotopic (exact) mass is 290 g/mol. The second-order valence-corrected chi connectivity index (χ2v) is 4.35. The third kappa shape index (κ3) is 2.67. The van der Waals surface area contributed by atoms with Gasteiger partial charge in [-0.25, -0.2) is 0 Å². The number of aliphatic hydroxyl groups is 1. The minimum Gasteiger partial charge on any atom is -0.618 e. The van der Waals surface area contributed by atoms with Gasteiger partial charge in [-0.05, 0) is 28.4 Å². The summed E-state index contributed by atoms with van der Waals surface area (Å²) in [7, 11) is 0.